The molecule has 1 heterocycles. The van der Waals surface area contributed by atoms with E-state index in [1.807, 2.05) is 6.92 Å². The van der Waals surface area contributed by atoms with E-state index in [1.54, 1.807) is 24.3 Å². The van der Waals surface area contributed by atoms with Crippen LogP contribution in [0.4, 0.5) is 5.69 Å². The van der Waals surface area contributed by atoms with Gasteiger partial charge in [0.05, 0.1) is 5.02 Å². The number of rotatable bonds is 6. The number of nitrogens with zero attached hydrogens (tertiary/aromatic N) is 1. The second kappa shape index (κ2) is 8.69. The van der Waals surface area contributed by atoms with Crippen LogP contribution in [0.3, 0.4) is 0 Å². The first-order valence-corrected chi connectivity index (χ1v) is 11.0. The Kier molecular flexibility index (Phi) is 6.50. The fourth-order valence-corrected chi connectivity index (χ4v) is 5.03. The number of sulfonamides is 1. The van der Waals surface area contributed by atoms with Crippen molar-refractivity contribution in [2.45, 2.75) is 24.7 Å². The van der Waals surface area contributed by atoms with Gasteiger partial charge in [-0.05, 0) is 61.7 Å². The van der Waals surface area contributed by atoms with E-state index in [-0.39, 0.29) is 16.5 Å². The van der Waals surface area contributed by atoms with E-state index in [2.05, 4.69) is 5.32 Å². The number of anilines is 1. The number of carbonyl (C=O) groups excluding carboxylic acids is 1. The number of aryl methyl sites for hydroxylation is 1. The number of nitrogens with one attached hydrogen (secondary N) is 1. The molecule has 1 aliphatic rings. The second-order valence-electron chi connectivity index (χ2n) is 6.50. The smallest absolute Gasteiger partial charge is 0.262 e. The maximum Gasteiger partial charge on any atom is 0.262 e. The molecule has 0 spiro atoms. The maximum atomic E-state index is 12.8. The molecule has 0 radical (unpaired) electrons. The largest absolute Gasteiger partial charge is 0.484 e. The molecule has 2 aromatic carbocycles. The summed E-state index contributed by atoms with van der Waals surface area (Å²) in [6.45, 7) is 2.57. The maximum absolute atomic E-state index is 12.8. The molecule has 3 rings (SSSR count). The third kappa shape index (κ3) is 4.78. The standard InChI is InChI=1S/C19H20Cl2N2O4S/c1-13-10-15(5-7-16(13)20)27-12-19(24)22-14-4-6-17(21)18(11-14)28(25,26)23-8-2-3-9-23/h4-7,10-11H,2-3,8-9,12H2,1H3,(H,22,24). The lowest BCUT2D eigenvalue weighted by molar-refractivity contribution is -0.118. The van der Waals surface area contributed by atoms with Crippen LogP contribution >= 0.6 is 23.2 Å². The SMILES string of the molecule is Cc1cc(OCC(=O)Nc2ccc(Cl)c(S(=O)(=O)N3CCCC3)c2)ccc1Cl. The minimum atomic E-state index is -3.69. The Labute approximate surface area is 174 Å². The zero-order chi connectivity index (χ0) is 20.3. The molecule has 1 fully saturated rings. The van der Waals surface area contributed by atoms with Crippen LogP contribution < -0.4 is 10.1 Å². The number of halogens is 2. The number of hydrogen-bond acceptors (Lipinski definition) is 4. The highest BCUT2D eigenvalue weighted by atomic mass is 35.5. The van der Waals surface area contributed by atoms with Crippen LogP contribution in [0.5, 0.6) is 5.75 Å². The summed E-state index contributed by atoms with van der Waals surface area (Å²) in [4.78, 5) is 12.2. The molecule has 0 aliphatic carbocycles. The Hall–Kier alpha value is -1.80. The van der Waals surface area contributed by atoms with Gasteiger partial charge in [-0.3, -0.25) is 4.79 Å². The fraction of sp³-hybridized carbons (Fsp3) is 0.316. The number of carbonyl (C=O) groups is 1. The van der Waals surface area contributed by atoms with Crippen LogP contribution in [-0.4, -0.2) is 38.3 Å². The third-order valence-electron chi connectivity index (χ3n) is 4.40. The van der Waals surface area contributed by atoms with Gasteiger partial charge in [-0.15, -0.1) is 0 Å². The Morgan fingerprint density at radius 1 is 1.11 bits per heavy atom. The molecule has 1 saturated heterocycles. The van der Waals surface area contributed by atoms with Gasteiger partial charge in [-0.2, -0.15) is 4.31 Å². The number of amides is 1. The van der Waals surface area contributed by atoms with Gasteiger partial charge >= 0.3 is 0 Å². The van der Waals surface area contributed by atoms with E-state index in [0.717, 1.165) is 18.4 Å². The van der Waals surface area contributed by atoms with E-state index in [1.165, 1.54) is 16.4 Å². The molecule has 0 saturated carbocycles. The summed E-state index contributed by atoms with van der Waals surface area (Å²) in [6, 6.07) is 9.49. The minimum absolute atomic E-state index is 0.0110. The summed E-state index contributed by atoms with van der Waals surface area (Å²) in [5.41, 5.74) is 1.18. The molecule has 0 bridgehead atoms. The lowest BCUT2D eigenvalue weighted by Gasteiger charge is -2.17. The molecular weight excluding hydrogens is 423 g/mol. The van der Waals surface area contributed by atoms with Crippen molar-refractivity contribution in [3.05, 3.63) is 52.0 Å². The first kappa shape index (κ1) is 20.9. The summed E-state index contributed by atoms with van der Waals surface area (Å²) in [5, 5.41) is 3.38. The van der Waals surface area contributed by atoms with Gasteiger partial charge in [-0.1, -0.05) is 23.2 Å². The number of ether oxygens (including phenoxy) is 1. The molecule has 1 N–H and O–H groups in total. The fourth-order valence-electron chi connectivity index (χ4n) is 2.90. The van der Waals surface area contributed by atoms with Gasteiger partial charge < -0.3 is 10.1 Å². The monoisotopic (exact) mass is 442 g/mol. The van der Waals surface area contributed by atoms with E-state index in [9.17, 15) is 13.2 Å². The highest BCUT2D eigenvalue weighted by Gasteiger charge is 2.29. The molecule has 150 valence electrons. The van der Waals surface area contributed by atoms with Crippen LogP contribution in [0.25, 0.3) is 0 Å². The van der Waals surface area contributed by atoms with Crippen molar-refractivity contribution in [3.63, 3.8) is 0 Å². The van der Waals surface area contributed by atoms with Crippen molar-refractivity contribution in [1.82, 2.24) is 4.31 Å². The molecule has 9 heteroatoms. The molecule has 0 atom stereocenters. The Morgan fingerprint density at radius 3 is 2.46 bits per heavy atom. The van der Waals surface area contributed by atoms with Gasteiger partial charge in [0.1, 0.15) is 10.6 Å². The van der Waals surface area contributed by atoms with Gasteiger partial charge in [0.15, 0.2) is 6.61 Å². The zero-order valence-corrected chi connectivity index (χ0v) is 17.6. The van der Waals surface area contributed by atoms with Crippen LogP contribution in [0.15, 0.2) is 41.3 Å². The molecule has 0 unspecified atom stereocenters. The lowest BCUT2D eigenvalue weighted by atomic mass is 10.2. The molecule has 2 aromatic rings. The molecule has 1 aliphatic heterocycles. The van der Waals surface area contributed by atoms with Crippen molar-refractivity contribution in [2.24, 2.45) is 0 Å². The third-order valence-corrected chi connectivity index (χ3v) is 7.20. The predicted molar refractivity (Wildman–Crippen MR) is 110 cm³/mol. The summed E-state index contributed by atoms with van der Waals surface area (Å²) in [6.07, 6.45) is 1.66. The van der Waals surface area contributed by atoms with Gasteiger partial charge in [0, 0.05) is 23.8 Å². The lowest BCUT2D eigenvalue weighted by Crippen LogP contribution is -2.28. The van der Waals surface area contributed by atoms with Gasteiger partial charge in [0.2, 0.25) is 10.0 Å². The van der Waals surface area contributed by atoms with Crippen molar-refractivity contribution < 1.29 is 17.9 Å². The molecular formula is C19H20Cl2N2O4S. The van der Waals surface area contributed by atoms with Crippen molar-refractivity contribution in [1.29, 1.82) is 0 Å². The van der Waals surface area contributed by atoms with Crippen LogP contribution in [0.2, 0.25) is 10.0 Å². The second-order valence-corrected chi connectivity index (χ2v) is 9.22. The quantitative estimate of drug-likeness (QED) is 0.730. The Morgan fingerprint density at radius 2 is 1.79 bits per heavy atom. The Bertz CT molecular complexity index is 989. The highest BCUT2D eigenvalue weighted by Crippen LogP contribution is 2.29. The summed E-state index contributed by atoms with van der Waals surface area (Å²) < 4.78 is 32.4. The van der Waals surface area contributed by atoms with Crippen molar-refractivity contribution in [2.75, 3.05) is 25.0 Å². The molecule has 28 heavy (non-hydrogen) atoms. The summed E-state index contributed by atoms with van der Waals surface area (Å²) in [7, 11) is -3.69. The van der Waals surface area contributed by atoms with Crippen molar-refractivity contribution >= 4 is 44.8 Å². The van der Waals surface area contributed by atoms with Gasteiger partial charge in [-0.25, -0.2) is 8.42 Å². The van der Waals surface area contributed by atoms with Gasteiger partial charge in [0.25, 0.3) is 5.91 Å². The van der Waals surface area contributed by atoms with E-state index >= 15 is 0 Å². The molecule has 6 nitrogen and oxygen atoms in total. The predicted octanol–water partition coefficient (Wildman–Crippen LogP) is 4.10. The topological polar surface area (TPSA) is 75.7 Å². The number of hydrogen-bond donors (Lipinski definition) is 1. The van der Waals surface area contributed by atoms with E-state index < -0.39 is 15.9 Å². The summed E-state index contributed by atoms with van der Waals surface area (Å²) >= 11 is 12.1. The highest BCUT2D eigenvalue weighted by molar-refractivity contribution is 7.89. The number of benzene rings is 2. The zero-order valence-electron chi connectivity index (χ0n) is 15.2. The average molecular weight is 443 g/mol. The van der Waals surface area contributed by atoms with E-state index in [4.69, 9.17) is 27.9 Å². The average Bonchev–Trinajstić information content (AvgIpc) is 3.20. The molecule has 0 aromatic heterocycles. The van der Waals surface area contributed by atoms with Crippen molar-refractivity contribution in [3.8, 4) is 5.75 Å². The van der Waals surface area contributed by atoms with Crippen LogP contribution in [-0.2, 0) is 14.8 Å². The van der Waals surface area contributed by atoms with Crippen LogP contribution in [0, 0.1) is 6.92 Å². The first-order valence-electron chi connectivity index (χ1n) is 8.76. The normalized spacial score (nSPS) is 14.8. The van der Waals surface area contributed by atoms with E-state index in [0.29, 0.717) is 29.5 Å². The first-order chi connectivity index (χ1) is 13.3. The minimum Gasteiger partial charge on any atom is -0.484 e. The Balaban J connectivity index is 1.68. The van der Waals surface area contributed by atoms with Crippen LogP contribution in [0.1, 0.15) is 18.4 Å². The molecule has 1 amide bonds. The summed E-state index contributed by atoms with van der Waals surface area (Å²) in [5.74, 6) is 0.102.